The van der Waals surface area contributed by atoms with Crippen molar-refractivity contribution in [1.82, 2.24) is 4.57 Å². The van der Waals surface area contributed by atoms with Crippen molar-refractivity contribution in [2.45, 2.75) is 12.2 Å². The van der Waals surface area contributed by atoms with Crippen molar-refractivity contribution >= 4 is 17.6 Å². The number of carbonyl (C=O) groups excluding carboxylic acids is 1. The molecule has 3 rings (SSSR count). The third-order valence-corrected chi connectivity index (χ3v) is 4.25. The van der Waals surface area contributed by atoms with Crippen molar-refractivity contribution in [3.05, 3.63) is 53.3 Å². The summed E-state index contributed by atoms with van der Waals surface area (Å²) in [4.78, 5) is 25.5. The van der Waals surface area contributed by atoms with Gasteiger partial charge in [-0.05, 0) is 30.3 Å². The number of nitrogens with zero attached hydrogens (tertiary/aromatic N) is 2. The normalized spacial score (nSPS) is 17.3. The molecular formula is C17H15F3N2O4. The summed E-state index contributed by atoms with van der Waals surface area (Å²) in [5, 5.41) is 9.31. The molecule has 6 nitrogen and oxygen atoms in total. The van der Waals surface area contributed by atoms with E-state index in [0.29, 0.717) is 0 Å². The highest BCUT2D eigenvalue weighted by atomic mass is 19.4. The summed E-state index contributed by atoms with van der Waals surface area (Å²) >= 11 is 0. The fraction of sp³-hybridized carbons (Fsp3) is 0.294. The van der Waals surface area contributed by atoms with Gasteiger partial charge >= 0.3 is 12.1 Å². The first-order chi connectivity index (χ1) is 12.2. The van der Waals surface area contributed by atoms with Gasteiger partial charge < -0.3 is 19.3 Å². The zero-order chi connectivity index (χ0) is 19.1. The van der Waals surface area contributed by atoms with Crippen LogP contribution in [0.5, 0.6) is 0 Å². The summed E-state index contributed by atoms with van der Waals surface area (Å²) in [6.45, 7) is 0.365. The Balaban J connectivity index is 2.02. The summed E-state index contributed by atoms with van der Waals surface area (Å²) in [6, 6.07) is 5.14. The average molecular weight is 368 g/mol. The summed E-state index contributed by atoms with van der Waals surface area (Å²) in [6.07, 6.45) is -2.97. The molecule has 0 saturated heterocycles. The molecule has 0 saturated carbocycles. The van der Waals surface area contributed by atoms with Gasteiger partial charge in [-0.3, -0.25) is 4.79 Å². The predicted molar refractivity (Wildman–Crippen MR) is 85.4 cm³/mol. The Kier molecular flexibility index (Phi) is 4.49. The maximum Gasteiger partial charge on any atom is 0.416 e. The minimum absolute atomic E-state index is 0.0225. The number of alkyl halides is 3. The molecular weight excluding hydrogens is 353 g/mol. The number of ether oxygens (including phenoxy) is 1. The number of rotatable bonds is 4. The predicted octanol–water partition coefficient (Wildman–Crippen LogP) is 3.05. The van der Waals surface area contributed by atoms with Crippen LogP contribution in [-0.4, -0.2) is 41.8 Å². The first kappa shape index (κ1) is 18.0. The Morgan fingerprint density at radius 1 is 1.27 bits per heavy atom. The molecule has 1 aliphatic heterocycles. The maximum absolute atomic E-state index is 12.8. The van der Waals surface area contributed by atoms with Crippen molar-refractivity contribution in [3.8, 4) is 0 Å². The van der Waals surface area contributed by atoms with Gasteiger partial charge in [0.2, 0.25) is 0 Å². The Morgan fingerprint density at radius 3 is 2.46 bits per heavy atom. The smallest absolute Gasteiger partial charge is 0.416 e. The van der Waals surface area contributed by atoms with E-state index in [2.05, 4.69) is 0 Å². The van der Waals surface area contributed by atoms with Crippen LogP contribution in [-0.2, 0) is 10.9 Å². The molecule has 1 aromatic carbocycles. The van der Waals surface area contributed by atoms with Crippen LogP contribution in [0.1, 0.15) is 32.5 Å². The molecule has 1 aromatic heterocycles. The number of benzene rings is 1. The Bertz CT molecular complexity index is 843. The van der Waals surface area contributed by atoms with Crippen molar-refractivity contribution in [1.29, 1.82) is 0 Å². The largest absolute Gasteiger partial charge is 0.478 e. The van der Waals surface area contributed by atoms with Crippen molar-refractivity contribution in [2.24, 2.45) is 0 Å². The highest BCUT2D eigenvalue weighted by Gasteiger charge is 2.36. The Hall–Kier alpha value is -2.81. The number of hydrogen-bond donors (Lipinski definition) is 1. The second kappa shape index (κ2) is 6.49. The van der Waals surface area contributed by atoms with Crippen molar-refractivity contribution in [3.63, 3.8) is 0 Å². The van der Waals surface area contributed by atoms with Crippen LogP contribution in [0.3, 0.4) is 0 Å². The molecule has 138 valence electrons. The third kappa shape index (κ3) is 3.05. The molecule has 1 unspecified atom stereocenters. The number of aromatic carboxylic acids is 1. The molecule has 2 heterocycles. The number of hydrogen-bond acceptors (Lipinski definition) is 3. The lowest BCUT2D eigenvalue weighted by Gasteiger charge is -2.34. The molecule has 1 atom stereocenters. The fourth-order valence-electron chi connectivity index (χ4n) is 3.04. The van der Waals surface area contributed by atoms with E-state index in [0.717, 1.165) is 12.1 Å². The number of halogens is 3. The van der Waals surface area contributed by atoms with Gasteiger partial charge in [-0.1, -0.05) is 0 Å². The molecule has 1 amide bonds. The molecule has 0 bridgehead atoms. The van der Waals surface area contributed by atoms with Crippen LogP contribution in [0.4, 0.5) is 18.9 Å². The Morgan fingerprint density at radius 2 is 1.92 bits per heavy atom. The zero-order valence-corrected chi connectivity index (χ0v) is 13.7. The molecule has 1 N–H and O–H groups in total. The lowest BCUT2D eigenvalue weighted by atomic mass is 10.1. The van der Waals surface area contributed by atoms with Gasteiger partial charge in [0.05, 0.1) is 23.8 Å². The number of carbonyl (C=O) groups is 2. The number of fused-ring (bicyclic) bond motifs is 1. The van der Waals surface area contributed by atoms with Gasteiger partial charge in [-0.2, -0.15) is 13.2 Å². The van der Waals surface area contributed by atoms with Crippen LogP contribution < -0.4 is 4.90 Å². The second-order valence-electron chi connectivity index (χ2n) is 5.86. The summed E-state index contributed by atoms with van der Waals surface area (Å²) in [7, 11) is 1.47. The van der Waals surface area contributed by atoms with Crippen LogP contribution in [0.25, 0.3) is 0 Å². The van der Waals surface area contributed by atoms with Gasteiger partial charge in [0.25, 0.3) is 5.91 Å². The SMILES string of the molecule is COCC1CN(c2ccc(C(F)(F)F)cc2)C(=O)c2c(C(=O)O)ccn21. The first-order valence-corrected chi connectivity index (χ1v) is 7.66. The number of carboxylic acid groups (broad SMARTS) is 1. The van der Waals surface area contributed by atoms with Gasteiger partial charge in [0.1, 0.15) is 5.69 Å². The lowest BCUT2D eigenvalue weighted by molar-refractivity contribution is -0.137. The maximum atomic E-state index is 12.8. The van der Waals surface area contributed by atoms with Gasteiger partial charge in [0, 0.05) is 25.5 Å². The number of amides is 1. The van der Waals surface area contributed by atoms with Crippen LogP contribution in [0, 0.1) is 0 Å². The van der Waals surface area contributed by atoms with E-state index in [-0.39, 0.29) is 36.1 Å². The standard InChI is InChI=1S/C17H15F3N2O4/c1-26-9-12-8-22(11-4-2-10(3-5-11)17(18,19)20)15(23)14-13(16(24)25)6-7-21(12)14/h2-7,12H,8-9H2,1H3,(H,24,25). The first-order valence-electron chi connectivity index (χ1n) is 7.66. The zero-order valence-electron chi connectivity index (χ0n) is 13.7. The average Bonchev–Trinajstić information content (AvgIpc) is 3.03. The van der Waals surface area contributed by atoms with E-state index in [1.54, 1.807) is 0 Å². The van der Waals surface area contributed by atoms with Gasteiger partial charge in [-0.15, -0.1) is 0 Å². The summed E-state index contributed by atoms with van der Waals surface area (Å²) in [5.41, 5.74) is -0.750. The van der Waals surface area contributed by atoms with Gasteiger partial charge in [-0.25, -0.2) is 4.79 Å². The third-order valence-electron chi connectivity index (χ3n) is 4.25. The fourth-order valence-corrected chi connectivity index (χ4v) is 3.04. The highest BCUT2D eigenvalue weighted by Crippen LogP contribution is 2.33. The summed E-state index contributed by atoms with van der Waals surface area (Å²) < 4.78 is 44.9. The molecule has 26 heavy (non-hydrogen) atoms. The minimum Gasteiger partial charge on any atom is -0.478 e. The van der Waals surface area contributed by atoms with E-state index in [1.807, 2.05) is 0 Å². The molecule has 2 aromatic rings. The van der Waals surface area contributed by atoms with E-state index < -0.39 is 23.6 Å². The highest BCUT2D eigenvalue weighted by molar-refractivity contribution is 6.11. The quantitative estimate of drug-likeness (QED) is 0.900. The molecule has 1 aliphatic rings. The van der Waals surface area contributed by atoms with Crippen LogP contribution >= 0.6 is 0 Å². The van der Waals surface area contributed by atoms with Crippen LogP contribution in [0.2, 0.25) is 0 Å². The monoisotopic (exact) mass is 368 g/mol. The van der Waals surface area contributed by atoms with E-state index in [4.69, 9.17) is 4.74 Å². The number of anilines is 1. The molecule has 0 aliphatic carbocycles. The van der Waals surface area contributed by atoms with Crippen molar-refractivity contribution < 1.29 is 32.6 Å². The van der Waals surface area contributed by atoms with Gasteiger partial charge in [0.15, 0.2) is 0 Å². The number of methoxy groups -OCH3 is 1. The molecule has 9 heteroatoms. The van der Waals surface area contributed by atoms with Crippen molar-refractivity contribution in [2.75, 3.05) is 25.2 Å². The summed E-state index contributed by atoms with van der Waals surface area (Å²) in [5.74, 6) is -1.84. The number of carboxylic acids is 1. The van der Waals surface area contributed by atoms with E-state index in [1.165, 1.54) is 41.0 Å². The second-order valence-corrected chi connectivity index (χ2v) is 5.86. The minimum atomic E-state index is -4.48. The lowest BCUT2D eigenvalue weighted by Crippen LogP contribution is -2.44. The van der Waals surface area contributed by atoms with E-state index >= 15 is 0 Å². The molecule has 0 spiro atoms. The van der Waals surface area contributed by atoms with E-state index in [9.17, 15) is 27.9 Å². The Labute approximate surface area is 146 Å². The topological polar surface area (TPSA) is 71.8 Å². The van der Waals surface area contributed by atoms with Crippen LogP contribution in [0.15, 0.2) is 36.5 Å². The number of aromatic nitrogens is 1. The molecule has 0 fully saturated rings. The molecule has 0 radical (unpaired) electrons.